The van der Waals surface area contributed by atoms with Gasteiger partial charge in [-0.25, -0.2) is 0 Å². The Hall–Kier alpha value is -1.01. The van der Waals surface area contributed by atoms with E-state index in [4.69, 9.17) is 6.42 Å². The standard InChI is InChI=1S/C11H18N2O/c1-5-11(2,3)12-10(14)9-7-6-8-13(9)4/h1,9H,6-8H2,2-4H3,(H,12,14)/t9-/m0/s1. The van der Waals surface area contributed by atoms with Gasteiger partial charge in [0.25, 0.3) is 0 Å². The third-order valence-electron chi connectivity index (χ3n) is 2.62. The zero-order valence-corrected chi connectivity index (χ0v) is 9.13. The predicted molar refractivity (Wildman–Crippen MR) is 56.7 cm³/mol. The number of terminal acetylenes is 1. The molecule has 78 valence electrons. The zero-order chi connectivity index (χ0) is 10.8. The molecule has 0 aromatic heterocycles. The van der Waals surface area contributed by atoms with E-state index in [1.165, 1.54) is 0 Å². The minimum atomic E-state index is -0.541. The van der Waals surface area contributed by atoms with Crippen molar-refractivity contribution in [1.82, 2.24) is 10.2 Å². The number of amides is 1. The Morgan fingerprint density at radius 1 is 1.64 bits per heavy atom. The van der Waals surface area contributed by atoms with Gasteiger partial charge in [-0.15, -0.1) is 6.42 Å². The fourth-order valence-corrected chi connectivity index (χ4v) is 1.67. The van der Waals surface area contributed by atoms with Crippen molar-refractivity contribution in [3.8, 4) is 12.3 Å². The highest BCUT2D eigenvalue weighted by Gasteiger charge is 2.30. The Bertz CT molecular complexity index is 265. The Kier molecular flexibility index (Phi) is 3.17. The number of nitrogens with zero attached hydrogens (tertiary/aromatic N) is 1. The van der Waals surface area contributed by atoms with E-state index in [9.17, 15) is 4.79 Å². The third kappa shape index (κ3) is 2.49. The summed E-state index contributed by atoms with van der Waals surface area (Å²) in [6.07, 6.45) is 7.33. The Labute approximate surface area is 85.9 Å². The molecule has 3 nitrogen and oxygen atoms in total. The fraction of sp³-hybridized carbons (Fsp3) is 0.727. The summed E-state index contributed by atoms with van der Waals surface area (Å²) in [5, 5.41) is 2.86. The smallest absolute Gasteiger partial charge is 0.238 e. The van der Waals surface area contributed by atoms with E-state index in [1.54, 1.807) is 0 Å². The fourth-order valence-electron chi connectivity index (χ4n) is 1.67. The molecule has 1 amide bonds. The van der Waals surface area contributed by atoms with E-state index >= 15 is 0 Å². The average Bonchev–Trinajstić information content (AvgIpc) is 2.51. The van der Waals surface area contributed by atoms with Gasteiger partial charge in [0.2, 0.25) is 5.91 Å². The second-order valence-corrected chi connectivity index (χ2v) is 4.40. The molecule has 1 rings (SSSR count). The van der Waals surface area contributed by atoms with E-state index in [2.05, 4.69) is 16.1 Å². The van der Waals surface area contributed by atoms with Gasteiger partial charge in [-0.05, 0) is 40.3 Å². The normalized spacial score (nSPS) is 23.1. The van der Waals surface area contributed by atoms with E-state index in [0.717, 1.165) is 19.4 Å². The second-order valence-electron chi connectivity index (χ2n) is 4.40. The maximum absolute atomic E-state index is 11.8. The molecule has 1 N–H and O–H groups in total. The average molecular weight is 194 g/mol. The molecule has 0 saturated carbocycles. The van der Waals surface area contributed by atoms with Crippen LogP contribution in [-0.2, 0) is 4.79 Å². The molecule has 0 aromatic rings. The lowest BCUT2D eigenvalue weighted by Gasteiger charge is -2.25. The molecule has 0 bridgehead atoms. The molecule has 0 aromatic carbocycles. The molecular formula is C11H18N2O. The molecule has 0 unspecified atom stereocenters. The van der Waals surface area contributed by atoms with Crippen LogP contribution in [0.3, 0.4) is 0 Å². The number of carbonyl (C=O) groups excluding carboxylic acids is 1. The number of hydrogen-bond donors (Lipinski definition) is 1. The van der Waals surface area contributed by atoms with Crippen LogP contribution in [0.25, 0.3) is 0 Å². The molecular weight excluding hydrogens is 176 g/mol. The Morgan fingerprint density at radius 2 is 2.29 bits per heavy atom. The van der Waals surface area contributed by atoms with Crippen molar-refractivity contribution in [2.75, 3.05) is 13.6 Å². The molecule has 1 aliphatic heterocycles. The molecule has 1 aliphatic rings. The third-order valence-corrected chi connectivity index (χ3v) is 2.62. The van der Waals surface area contributed by atoms with Crippen LogP contribution in [0.2, 0.25) is 0 Å². The van der Waals surface area contributed by atoms with Crippen molar-refractivity contribution in [3.05, 3.63) is 0 Å². The van der Waals surface area contributed by atoms with Gasteiger partial charge < -0.3 is 5.32 Å². The number of rotatable bonds is 2. The molecule has 0 spiro atoms. The summed E-state index contributed by atoms with van der Waals surface area (Å²) in [6, 6.07) is 0.00243. The summed E-state index contributed by atoms with van der Waals surface area (Å²) >= 11 is 0. The molecule has 1 fully saturated rings. The van der Waals surface area contributed by atoms with Crippen molar-refractivity contribution < 1.29 is 4.79 Å². The number of likely N-dealkylation sites (tertiary alicyclic amines) is 1. The van der Waals surface area contributed by atoms with E-state index in [-0.39, 0.29) is 11.9 Å². The van der Waals surface area contributed by atoms with Crippen molar-refractivity contribution in [2.45, 2.75) is 38.3 Å². The maximum atomic E-state index is 11.8. The molecule has 0 radical (unpaired) electrons. The van der Waals surface area contributed by atoms with Crippen LogP contribution >= 0.6 is 0 Å². The number of nitrogens with one attached hydrogen (secondary N) is 1. The van der Waals surface area contributed by atoms with Gasteiger partial charge in [0.15, 0.2) is 0 Å². The van der Waals surface area contributed by atoms with Crippen LogP contribution in [0, 0.1) is 12.3 Å². The van der Waals surface area contributed by atoms with Crippen LogP contribution in [0.15, 0.2) is 0 Å². The minimum Gasteiger partial charge on any atom is -0.339 e. The molecule has 1 atom stereocenters. The summed E-state index contributed by atoms with van der Waals surface area (Å²) in [5.74, 6) is 2.61. The largest absolute Gasteiger partial charge is 0.339 e. The van der Waals surface area contributed by atoms with E-state index < -0.39 is 5.54 Å². The number of hydrogen-bond acceptors (Lipinski definition) is 2. The first-order valence-electron chi connectivity index (χ1n) is 4.96. The van der Waals surface area contributed by atoms with Crippen molar-refractivity contribution in [3.63, 3.8) is 0 Å². The first-order valence-corrected chi connectivity index (χ1v) is 4.96. The number of likely N-dealkylation sites (N-methyl/N-ethyl adjacent to an activating group) is 1. The van der Waals surface area contributed by atoms with Crippen molar-refractivity contribution in [1.29, 1.82) is 0 Å². The highest BCUT2D eigenvalue weighted by Crippen LogP contribution is 2.15. The minimum absolute atomic E-state index is 0.00243. The van der Waals surface area contributed by atoms with Crippen LogP contribution in [0.5, 0.6) is 0 Å². The SMILES string of the molecule is C#CC(C)(C)NC(=O)[C@@H]1CCCN1C. The summed E-state index contributed by atoms with van der Waals surface area (Å²) < 4.78 is 0. The van der Waals surface area contributed by atoms with Crippen LogP contribution in [0.1, 0.15) is 26.7 Å². The van der Waals surface area contributed by atoms with Gasteiger partial charge >= 0.3 is 0 Å². The predicted octanol–water partition coefficient (Wildman–Crippen LogP) is 0.609. The molecule has 1 saturated heterocycles. The summed E-state index contributed by atoms with van der Waals surface area (Å²) in [4.78, 5) is 13.9. The summed E-state index contributed by atoms with van der Waals surface area (Å²) in [6.45, 7) is 4.66. The number of carbonyl (C=O) groups is 1. The lowest BCUT2D eigenvalue weighted by atomic mass is 10.1. The van der Waals surface area contributed by atoms with Crippen LogP contribution in [0.4, 0.5) is 0 Å². The molecule has 3 heteroatoms. The Balaban J connectivity index is 2.55. The van der Waals surface area contributed by atoms with Crippen molar-refractivity contribution >= 4 is 5.91 Å². The van der Waals surface area contributed by atoms with E-state index in [0.29, 0.717) is 0 Å². The summed E-state index contributed by atoms with van der Waals surface area (Å²) in [5.41, 5.74) is -0.541. The van der Waals surface area contributed by atoms with Gasteiger partial charge in [0.1, 0.15) is 0 Å². The first kappa shape index (κ1) is 11.1. The Morgan fingerprint density at radius 3 is 2.71 bits per heavy atom. The van der Waals surface area contributed by atoms with Gasteiger partial charge in [-0.3, -0.25) is 9.69 Å². The quantitative estimate of drug-likeness (QED) is 0.653. The van der Waals surface area contributed by atoms with Crippen LogP contribution in [-0.4, -0.2) is 36.0 Å². The lowest BCUT2D eigenvalue weighted by molar-refractivity contribution is -0.126. The summed E-state index contributed by atoms with van der Waals surface area (Å²) in [7, 11) is 1.97. The topological polar surface area (TPSA) is 32.3 Å². The van der Waals surface area contributed by atoms with Crippen LogP contribution < -0.4 is 5.32 Å². The zero-order valence-electron chi connectivity index (χ0n) is 9.13. The lowest BCUT2D eigenvalue weighted by Crippen LogP contribution is -2.49. The first-order chi connectivity index (χ1) is 6.46. The van der Waals surface area contributed by atoms with Gasteiger partial charge in [0, 0.05) is 0 Å². The highest BCUT2D eigenvalue weighted by atomic mass is 16.2. The molecule has 1 heterocycles. The van der Waals surface area contributed by atoms with E-state index in [1.807, 2.05) is 20.9 Å². The van der Waals surface area contributed by atoms with Gasteiger partial charge in [-0.2, -0.15) is 0 Å². The maximum Gasteiger partial charge on any atom is 0.238 e. The molecule has 14 heavy (non-hydrogen) atoms. The highest BCUT2D eigenvalue weighted by molar-refractivity contribution is 5.83. The monoisotopic (exact) mass is 194 g/mol. The van der Waals surface area contributed by atoms with Gasteiger partial charge in [0.05, 0.1) is 11.6 Å². The van der Waals surface area contributed by atoms with Gasteiger partial charge in [-0.1, -0.05) is 5.92 Å². The van der Waals surface area contributed by atoms with Crippen molar-refractivity contribution in [2.24, 2.45) is 0 Å². The second kappa shape index (κ2) is 4.02. The molecule has 0 aliphatic carbocycles.